The molecule has 6 nitrogen and oxygen atoms in total. The van der Waals surface area contributed by atoms with Crippen LogP contribution >= 0.6 is 0 Å². The molecule has 102 valence electrons. The third-order valence-electron chi connectivity index (χ3n) is 2.10. The van der Waals surface area contributed by atoms with Gasteiger partial charge in [-0.25, -0.2) is 18.9 Å². The Balaban J connectivity index is 0.000000861. The van der Waals surface area contributed by atoms with Crippen LogP contribution < -0.4 is 5.73 Å². The van der Waals surface area contributed by atoms with E-state index < -0.39 is 11.8 Å². The van der Waals surface area contributed by atoms with Gasteiger partial charge >= 0.3 is 5.97 Å². The fourth-order valence-corrected chi connectivity index (χ4v) is 1.26. The Labute approximate surface area is 110 Å². The lowest BCUT2D eigenvalue weighted by molar-refractivity contribution is 0.0593. The quantitative estimate of drug-likeness (QED) is 0.838. The second-order valence-corrected chi connectivity index (χ2v) is 3.17. The number of rotatable bonds is 2. The standard InChI is InChI=1S/C10H9FN4O2.C2H6/c1-17-10(16)7-3-5-15(14-7)9-8(11)6(12)2-4-13-9;1-2/h2-5H,1H3,(H2,12,13);1-2H3. The fourth-order valence-electron chi connectivity index (χ4n) is 1.26. The summed E-state index contributed by atoms with van der Waals surface area (Å²) in [6, 6.07) is 2.74. The predicted molar refractivity (Wildman–Crippen MR) is 68.4 cm³/mol. The topological polar surface area (TPSA) is 83.0 Å². The van der Waals surface area contributed by atoms with Crippen LogP contribution in [0, 0.1) is 5.82 Å². The summed E-state index contributed by atoms with van der Waals surface area (Å²) in [4.78, 5) is 15.0. The SMILES string of the molecule is CC.COC(=O)c1ccn(-c2nccc(N)c2F)n1. The van der Waals surface area contributed by atoms with Gasteiger partial charge in [-0.15, -0.1) is 0 Å². The summed E-state index contributed by atoms with van der Waals surface area (Å²) in [6.45, 7) is 4.00. The van der Waals surface area contributed by atoms with E-state index in [0.717, 1.165) is 4.68 Å². The predicted octanol–water partition coefficient (Wildman–Crippen LogP) is 1.80. The van der Waals surface area contributed by atoms with Gasteiger partial charge in [0.25, 0.3) is 0 Å². The number of nitrogen functional groups attached to an aromatic ring is 1. The molecule has 0 unspecified atom stereocenters. The first kappa shape index (κ1) is 14.6. The fraction of sp³-hybridized carbons (Fsp3) is 0.250. The van der Waals surface area contributed by atoms with Crippen molar-refractivity contribution in [2.45, 2.75) is 13.8 Å². The zero-order valence-electron chi connectivity index (χ0n) is 10.9. The molecule has 0 atom stereocenters. The number of methoxy groups -OCH3 is 1. The van der Waals surface area contributed by atoms with E-state index >= 15 is 0 Å². The molecule has 0 aliphatic rings. The minimum absolute atomic E-state index is 0.0369. The number of nitrogens with zero attached hydrogens (tertiary/aromatic N) is 3. The number of ether oxygens (including phenoxy) is 1. The normalized spacial score (nSPS) is 9.47. The van der Waals surface area contributed by atoms with Crippen LogP contribution in [-0.2, 0) is 4.74 Å². The number of hydrogen-bond donors (Lipinski definition) is 1. The van der Waals surface area contributed by atoms with E-state index in [1.54, 1.807) is 0 Å². The third kappa shape index (κ3) is 3.06. The Morgan fingerprint density at radius 3 is 2.74 bits per heavy atom. The van der Waals surface area contributed by atoms with E-state index in [4.69, 9.17) is 5.73 Å². The van der Waals surface area contributed by atoms with Gasteiger partial charge in [0.05, 0.1) is 12.8 Å². The summed E-state index contributed by atoms with van der Waals surface area (Å²) in [6.07, 6.45) is 2.75. The summed E-state index contributed by atoms with van der Waals surface area (Å²) < 4.78 is 19.2. The van der Waals surface area contributed by atoms with E-state index in [1.807, 2.05) is 13.8 Å². The van der Waals surface area contributed by atoms with Crippen LogP contribution in [0.4, 0.5) is 10.1 Å². The van der Waals surface area contributed by atoms with Crippen molar-refractivity contribution in [2.24, 2.45) is 0 Å². The first-order valence-corrected chi connectivity index (χ1v) is 5.68. The van der Waals surface area contributed by atoms with Crippen molar-refractivity contribution in [3.05, 3.63) is 36.0 Å². The maximum absolute atomic E-state index is 13.6. The van der Waals surface area contributed by atoms with Crippen LogP contribution in [0.3, 0.4) is 0 Å². The molecule has 0 fully saturated rings. The van der Waals surface area contributed by atoms with Gasteiger partial charge < -0.3 is 10.5 Å². The summed E-state index contributed by atoms with van der Waals surface area (Å²) in [5.41, 5.74) is 5.43. The van der Waals surface area contributed by atoms with Gasteiger partial charge in [0.1, 0.15) is 0 Å². The molecule has 7 heteroatoms. The molecule has 0 spiro atoms. The average Bonchev–Trinajstić information content (AvgIpc) is 2.93. The zero-order valence-corrected chi connectivity index (χ0v) is 10.9. The first-order chi connectivity index (χ1) is 9.13. The van der Waals surface area contributed by atoms with Gasteiger partial charge in [0.15, 0.2) is 17.3 Å². The van der Waals surface area contributed by atoms with Crippen molar-refractivity contribution in [1.82, 2.24) is 14.8 Å². The van der Waals surface area contributed by atoms with Crippen LogP contribution in [0.5, 0.6) is 0 Å². The van der Waals surface area contributed by atoms with Crippen LogP contribution in [-0.4, -0.2) is 27.8 Å². The molecule has 2 N–H and O–H groups in total. The Bertz CT molecular complexity index is 569. The lowest BCUT2D eigenvalue weighted by Gasteiger charge is -2.03. The summed E-state index contributed by atoms with van der Waals surface area (Å²) >= 11 is 0. The highest BCUT2D eigenvalue weighted by Gasteiger charge is 2.14. The number of esters is 1. The summed E-state index contributed by atoms with van der Waals surface area (Å²) in [7, 11) is 1.24. The van der Waals surface area contributed by atoms with Gasteiger partial charge in [-0.3, -0.25) is 0 Å². The van der Waals surface area contributed by atoms with Crippen molar-refractivity contribution in [3.8, 4) is 5.82 Å². The molecule has 2 heterocycles. The molecule has 0 saturated heterocycles. The third-order valence-corrected chi connectivity index (χ3v) is 2.10. The van der Waals surface area contributed by atoms with Crippen molar-refractivity contribution in [1.29, 1.82) is 0 Å². The first-order valence-electron chi connectivity index (χ1n) is 5.68. The Kier molecular flexibility index (Phi) is 4.99. The number of carbonyl (C=O) groups excluding carboxylic acids is 1. The minimum atomic E-state index is -0.688. The van der Waals surface area contributed by atoms with Crippen LogP contribution in [0.2, 0.25) is 0 Å². The van der Waals surface area contributed by atoms with Crippen molar-refractivity contribution in [3.63, 3.8) is 0 Å². The molecule has 2 rings (SSSR count). The molecule has 2 aromatic heterocycles. The lowest BCUT2D eigenvalue weighted by Crippen LogP contribution is -2.07. The second kappa shape index (κ2) is 6.48. The van der Waals surface area contributed by atoms with E-state index in [-0.39, 0.29) is 17.2 Å². The monoisotopic (exact) mass is 266 g/mol. The maximum Gasteiger partial charge on any atom is 0.358 e. The smallest absolute Gasteiger partial charge is 0.358 e. The van der Waals surface area contributed by atoms with Gasteiger partial charge in [0, 0.05) is 12.4 Å². The molecule has 0 aromatic carbocycles. The molecule has 0 amide bonds. The van der Waals surface area contributed by atoms with E-state index in [9.17, 15) is 9.18 Å². The molecule has 0 radical (unpaired) electrons. The molecule has 0 bridgehead atoms. The highest BCUT2D eigenvalue weighted by molar-refractivity contribution is 5.86. The molecule has 0 saturated carbocycles. The van der Waals surface area contributed by atoms with Gasteiger partial charge in [-0.1, -0.05) is 13.8 Å². The van der Waals surface area contributed by atoms with Crippen molar-refractivity contribution >= 4 is 11.7 Å². The van der Waals surface area contributed by atoms with Gasteiger partial charge in [0.2, 0.25) is 0 Å². The Hall–Kier alpha value is -2.44. The van der Waals surface area contributed by atoms with Crippen molar-refractivity contribution < 1.29 is 13.9 Å². The molecule has 19 heavy (non-hydrogen) atoms. The zero-order chi connectivity index (χ0) is 14.4. The molecule has 0 aliphatic carbocycles. The van der Waals surface area contributed by atoms with Gasteiger partial charge in [-0.2, -0.15) is 5.10 Å². The second-order valence-electron chi connectivity index (χ2n) is 3.17. The number of halogens is 1. The molecular formula is C12H15FN4O2. The van der Waals surface area contributed by atoms with Crippen LogP contribution in [0.25, 0.3) is 5.82 Å². The summed E-state index contributed by atoms with van der Waals surface area (Å²) in [5.74, 6) is -1.36. The van der Waals surface area contributed by atoms with Gasteiger partial charge in [-0.05, 0) is 12.1 Å². The lowest BCUT2D eigenvalue weighted by atomic mass is 10.4. The summed E-state index contributed by atoms with van der Waals surface area (Å²) in [5, 5.41) is 3.84. The largest absolute Gasteiger partial charge is 0.464 e. The number of hydrogen-bond acceptors (Lipinski definition) is 5. The van der Waals surface area contributed by atoms with Crippen LogP contribution in [0.1, 0.15) is 24.3 Å². The number of pyridine rings is 1. The average molecular weight is 266 g/mol. The van der Waals surface area contributed by atoms with E-state index in [1.165, 1.54) is 31.6 Å². The molecular weight excluding hydrogens is 251 g/mol. The van der Waals surface area contributed by atoms with Crippen LogP contribution in [0.15, 0.2) is 24.5 Å². The Morgan fingerprint density at radius 2 is 2.11 bits per heavy atom. The number of carbonyl (C=O) groups is 1. The Morgan fingerprint density at radius 1 is 1.42 bits per heavy atom. The van der Waals surface area contributed by atoms with Crippen molar-refractivity contribution in [2.75, 3.05) is 12.8 Å². The highest BCUT2D eigenvalue weighted by Crippen LogP contribution is 2.15. The minimum Gasteiger partial charge on any atom is -0.464 e. The maximum atomic E-state index is 13.6. The number of nitrogens with two attached hydrogens (primary N) is 1. The number of aromatic nitrogens is 3. The van der Waals surface area contributed by atoms with E-state index in [0.29, 0.717) is 0 Å². The number of anilines is 1. The van der Waals surface area contributed by atoms with E-state index in [2.05, 4.69) is 14.8 Å². The molecule has 2 aromatic rings. The highest BCUT2D eigenvalue weighted by atomic mass is 19.1. The molecule has 0 aliphatic heterocycles.